The highest BCUT2D eigenvalue weighted by Gasteiger charge is 2.24. The molecule has 1 saturated heterocycles. The Balaban J connectivity index is 0.00000220. The smallest absolute Gasteiger partial charge is 0.316 e. The van der Waals surface area contributed by atoms with Gasteiger partial charge in [-0.25, -0.2) is 4.79 Å². The Hall–Kier alpha value is -1.79. The predicted molar refractivity (Wildman–Crippen MR) is 85.7 cm³/mol. The average Bonchev–Trinajstić information content (AvgIpc) is 2.40. The standard InChI is InChI=1S/C14H20N4O2.ClH/c1-9-8-10(6-7-16-9)13(19)17-11-2-4-12(5-3-11)18-14(15)20;/h2-5,9-10,16H,6-8H2,1H3,(H,17,19)(H3,15,18,20);1H/t9-,10-;/m0./s1. The van der Waals surface area contributed by atoms with Crippen LogP contribution in [0.15, 0.2) is 24.3 Å². The second-order valence-corrected chi connectivity index (χ2v) is 5.13. The van der Waals surface area contributed by atoms with Crippen molar-refractivity contribution in [1.29, 1.82) is 0 Å². The van der Waals surface area contributed by atoms with Gasteiger partial charge in [-0.3, -0.25) is 4.79 Å². The van der Waals surface area contributed by atoms with Crippen LogP contribution < -0.4 is 21.7 Å². The average molecular weight is 313 g/mol. The Morgan fingerprint density at radius 2 is 1.76 bits per heavy atom. The van der Waals surface area contributed by atoms with Gasteiger partial charge in [0.05, 0.1) is 0 Å². The number of benzene rings is 1. The van der Waals surface area contributed by atoms with Crippen LogP contribution in [0, 0.1) is 5.92 Å². The lowest BCUT2D eigenvalue weighted by Crippen LogP contribution is -2.40. The summed E-state index contributed by atoms with van der Waals surface area (Å²) in [6, 6.07) is 6.66. The molecule has 0 bridgehead atoms. The molecule has 2 atom stereocenters. The predicted octanol–water partition coefficient (Wildman–Crippen LogP) is 1.93. The molecule has 0 aliphatic carbocycles. The number of hydrogen-bond acceptors (Lipinski definition) is 3. The Morgan fingerprint density at radius 3 is 2.29 bits per heavy atom. The second kappa shape index (κ2) is 7.85. The van der Waals surface area contributed by atoms with Gasteiger partial charge in [-0.15, -0.1) is 12.4 Å². The number of carbonyl (C=O) groups is 2. The highest BCUT2D eigenvalue weighted by atomic mass is 35.5. The quantitative estimate of drug-likeness (QED) is 0.686. The summed E-state index contributed by atoms with van der Waals surface area (Å²) in [5.74, 6) is 0.101. The molecular formula is C14H21ClN4O2. The molecule has 7 heteroatoms. The first-order chi connectivity index (χ1) is 9.54. The fourth-order valence-electron chi connectivity index (χ4n) is 2.39. The van der Waals surface area contributed by atoms with Crippen LogP contribution in [0.4, 0.5) is 16.2 Å². The molecule has 1 aliphatic rings. The Labute approximate surface area is 130 Å². The summed E-state index contributed by atoms with van der Waals surface area (Å²) in [5, 5.41) is 8.70. The minimum absolute atomic E-state index is 0. The molecule has 1 heterocycles. The van der Waals surface area contributed by atoms with Crippen LogP contribution in [0.1, 0.15) is 19.8 Å². The van der Waals surface area contributed by atoms with E-state index in [9.17, 15) is 9.59 Å². The van der Waals surface area contributed by atoms with Gasteiger partial charge in [-0.05, 0) is 50.6 Å². The SMILES string of the molecule is C[C@H]1C[C@@H](C(=O)Nc2ccc(NC(N)=O)cc2)CCN1.Cl. The van der Waals surface area contributed by atoms with Gasteiger partial charge in [0.15, 0.2) is 0 Å². The molecular weight excluding hydrogens is 292 g/mol. The van der Waals surface area contributed by atoms with Gasteiger partial charge in [0.25, 0.3) is 0 Å². The van der Waals surface area contributed by atoms with Crippen molar-refractivity contribution in [2.45, 2.75) is 25.8 Å². The Kier molecular flexibility index (Phi) is 6.45. The molecule has 21 heavy (non-hydrogen) atoms. The van der Waals surface area contributed by atoms with Gasteiger partial charge >= 0.3 is 6.03 Å². The number of piperidine rings is 1. The van der Waals surface area contributed by atoms with E-state index in [4.69, 9.17) is 5.73 Å². The minimum atomic E-state index is -0.606. The number of carbonyl (C=O) groups excluding carboxylic acids is 2. The number of nitrogens with two attached hydrogens (primary N) is 1. The number of rotatable bonds is 3. The summed E-state index contributed by atoms with van der Waals surface area (Å²) in [6.45, 7) is 2.96. The number of urea groups is 1. The van der Waals surface area contributed by atoms with E-state index in [2.05, 4.69) is 22.9 Å². The summed E-state index contributed by atoms with van der Waals surface area (Å²) < 4.78 is 0. The van der Waals surface area contributed by atoms with Crippen molar-refractivity contribution in [3.05, 3.63) is 24.3 Å². The second-order valence-electron chi connectivity index (χ2n) is 5.13. The van der Waals surface area contributed by atoms with Crippen molar-refractivity contribution >= 4 is 35.7 Å². The van der Waals surface area contributed by atoms with E-state index < -0.39 is 6.03 Å². The molecule has 6 nitrogen and oxygen atoms in total. The summed E-state index contributed by atoms with van der Waals surface area (Å²) in [5.41, 5.74) is 6.35. The minimum Gasteiger partial charge on any atom is -0.351 e. The van der Waals surface area contributed by atoms with Gasteiger partial charge in [0, 0.05) is 23.3 Å². The lowest BCUT2D eigenvalue weighted by Gasteiger charge is -2.27. The zero-order chi connectivity index (χ0) is 14.5. The van der Waals surface area contributed by atoms with Crippen LogP contribution in [0.25, 0.3) is 0 Å². The number of amides is 3. The van der Waals surface area contributed by atoms with E-state index in [1.807, 2.05) is 0 Å². The molecule has 0 spiro atoms. The zero-order valence-electron chi connectivity index (χ0n) is 11.9. The third kappa shape index (κ3) is 5.24. The van der Waals surface area contributed by atoms with Crippen molar-refractivity contribution < 1.29 is 9.59 Å². The lowest BCUT2D eigenvalue weighted by molar-refractivity contribution is -0.120. The first kappa shape index (κ1) is 17.3. The monoisotopic (exact) mass is 312 g/mol. The van der Waals surface area contributed by atoms with Crippen LogP contribution in [0.3, 0.4) is 0 Å². The third-order valence-electron chi connectivity index (χ3n) is 3.41. The molecule has 0 saturated carbocycles. The van der Waals surface area contributed by atoms with Gasteiger partial charge in [0.2, 0.25) is 5.91 Å². The molecule has 1 fully saturated rings. The van der Waals surface area contributed by atoms with Crippen molar-refractivity contribution in [2.24, 2.45) is 11.7 Å². The van der Waals surface area contributed by atoms with E-state index in [1.165, 1.54) is 0 Å². The molecule has 1 aromatic carbocycles. The summed E-state index contributed by atoms with van der Waals surface area (Å²) in [7, 11) is 0. The lowest BCUT2D eigenvalue weighted by atomic mass is 9.92. The molecule has 116 valence electrons. The topological polar surface area (TPSA) is 96.2 Å². The zero-order valence-corrected chi connectivity index (χ0v) is 12.7. The molecule has 1 aromatic rings. The van der Waals surface area contributed by atoms with E-state index in [0.717, 1.165) is 25.1 Å². The van der Waals surface area contributed by atoms with Crippen molar-refractivity contribution in [2.75, 3.05) is 17.2 Å². The number of hydrogen-bond donors (Lipinski definition) is 4. The maximum atomic E-state index is 12.1. The molecule has 1 aliphatic heterocycles. The van der Waals surface area contributed by atoms with E-state index in [1.54, 1.807) is 24.3 Å². The molecule has 3 amide bonds. The van der Waals surface area contributed by atoms with Crippen molar-refractivity contribution in [3.8, 4) is 0 Å². The summed E-state index contributed by atoms with van der Waals surface area (Å²) in [4.78, 5) is 22.9. The van der Waals surface area contributed by atoms with E-state index >= 15 is 0 Å². The number of nitrogens with one attached hydrogen (secondary N) is 3. The van der Waals surface area contributed by atoms with Crippen LogP contribution in [-0.2, 0) is 4.79 Å². The van der Waals surface area contributed by atoms with Crippen molar-refractivity contribution in [3.63, 3.8) is 0 Å². The fourth-order valence-corrected chi connectivity index (χ4v) is 2.39. The molecule has 2 rings (SSSR count). The van der Waals surface area contributed by atoms with E-state index in [0.29, 0.717) is 11.7 Å². The normalized spacial score (nSPS) is 21.0. The van der Waals surface area contributed by atoms with Crippen LogP contribution in [0.2, 0.25) is 0 Å². The van der Waals surface area contributed by atoms with Gasteiger partial charge in [0.1, 0.15) is 0 Å². The van der Waals surface area contributed by atoms with Crippen LogP contribution in [0.5, 0.6) is 0 Å². The fraction of sp³-hybridized carbons (Fsp3) is 0.429. The summed E-state index contributed by atoms with van der Waals surface area (Å²) >= 11 is 0. The maximum Gasteiger partial charge on any atom is 0.316 e. The number of halogens is 1. The third-order valence-corrected chi connectivity index (χ3v) is 3.41. The van der Waals surface area contributed by atoms with Crippen molar-refractivity contribution in [1.82, 2.24) is 5.32 Å². The van der Waals surface area contributed by atoms with Crippen LogP contribution >= 0.6 is 12.4 Å². The molecule has 0 aromatic heterocycles. The highest BCUT2D eigenvalue weighted by molar-refractivity contribution is 5.93. The number of anilines is 2. The highest BCUT2D eigenvalue weighted by Crippen LogP contribution is 2.19. The first-order valence-corrected chi connectivity index (χ1v) is 6.75. The summed E-state index contributed by atoms with van der Waals surface area (Å²) in [6.07, 6.45) is 1.71. The molecule has 5 N–H and O–H groups in total. The Bertz CT molecular complexity index is 492. The van der Waals surface area contributed by atoms with E-state index in [-0.39, 0.29) is 24.2 Å². The molecule has 0 unspecified atom stereocenters. The Morgan fingerprint density at radius 1 is 1.19 bits per heavy atom. The van der Waals surface area contributed by atoms with Gasteiger partial charge in [-0.1, -0.05) is 0 Å². The number of primary amides is 1. The van der Waals surface area contributed by atoms with Gasteiger partial charge < -0.3 is 21.7 Å². The molecule has 0 radical (unpaired) electrons. The van der Waals surface area contributed by atoms with Crippen LogP contribution in [-0.4, -0.2) is 24.5 Å². The largest absolute Gasteiger partial charge is 0.351 e. The first-order valence-electron chi connectivity index (χ1n) is 6.75. The maximum absolute atomic E-state index is 12.1. The van der Waals surface area contributed by atoms with Gasteiger partial charge in [-0.2, -0.15) is 0 Å².